The molecule has 0 radical (unpaired) electrons. The molecule has 3 heteroatoms. The van der Waals surface area contributed by atoms with E-state index >= 15 is 0 Å². The summed E-state index contributed by atoms with van der Waals surface area (Å²) >= 11 is 0. The SMILES string of the molecule is Cc1c(C(C)C)cc(CC(C)(C)C(F)(F)F)cc1C(C)C. The van der Waals surface area contributed by atoms with Crippen molar-refractivity contribution < 1.29 is 13.2 Å². The van der Waals surface area contributed by atoms with Gasteiger partial charge in [0, 0.05) is 0 Å². The predicted octanol–water partition coefficient (Wildman–Crippen LogP) is 6.37. The van der Waals surface area contributed by atoms with E-state index in [0.29, 0.717) is 11.8 Å². The maximum atomic E-state index is 13.1. The molecular weight excluding hydrogens is 273 g/mol. The van der Waals surface area contributed by atoms with E-state index in [1.165, 1.54) is 19.4 Å². The Kier molecular flexibility index (Phi) is 5.18. The monoisotopic (exact) mass is 300 g/mol. The fourth-order valence-electron chi connectivity index (χ4n) is 2.74. The zero-order valence-corrected chi connectivity index (χ0v) is 14.2. The molecule has 0 heterocycles. The molecule has 0 aromatic heterocycles. The van der Waals surface area contributed by atoms with E-state index in [4.69, 9.17) is 0 Å². The molecule has 0 saturated carbocycles. The lowest BCUT2D eigenvalue weighted by molar-refractivity contribution is -0.211. The van der Waals surface area contributed by atoms with E-state index in [1.54, 1.807) is 0 Å². The van der Waals surface area contributed by atoms with Gasteiger partial charge in [-0.05, 0) is 47.4 Å². The lowest BCUT2D eigenvalue weighted by Gasteiger charge is -2.29. The quantitative estimate of drug-likeness (QED) is 0.606. The Balaban J connectivity index is 3.32. The molecule has 1 aromatic rings. The van der Waals surface area contributed by atoms with Gasteiger partial charge in [0.05, 0.1) is 5.41 Å². The molecule has 0 aliphatic carbocycles. The van der Waals surface area contributed by atoms with Gasteiger partial charge in [0.25, 0.3) is 0 Å². The Morgan fingerprint density at radius 2 is 1.29 bits per heavy atom. The van der Waals surface area contributed by atoms with E-state index in [0.717, 1.165) is 16.7 Å². The third-order valence-corrected chi connectivity index (χ3v) is 4.21. The highest BCUT2D eigenvalue weighted by molar-refractivity contribution is 5.42. The molecule has 120 valence electrons. The van der Waals surface area contributed by atoms with Crippen LogP contribution in [0.15, 0.2) is 12.1 Å². The smallest absolute Gasteiger partial charge is 0.171 e. The maximum absolute atomic E-state index is 13.1. The average molecular weight is 300 g/mol. The summed E-state index contributed by atoms with van der Waals surface area (Å²) in [6.07, 6.45) is -4.16. The highest BCUT2D eigenvalue weighted by Gasteiger charge is 2.47. The van der Waals surface area contributed by atoms with E-state index in [-0.39, 0.29) is 6.42 Å². The van der Waals surface area contributed by atoms with Crippen LogP contribution in [0, 0.1) is 12.3 Å². The van der Waals surface area contributed by atoms with Crippen LogP contribution in [-0.4, -0.2) is 6.18 Å². The standard InChI is InChI=1S/C18H27F3/c1-11(2)15-8-14(9-16(12(3)4)13(15)5)10-17(6,7)18(19,20)21/h8-9,11-12H,10H2,1-7H3. The lowest BCUT2D eigenvalue weighted by Crippen LogP contribution is -2.34. The molecule has 1 rings (SSSR count). The molecule has 0 atom stereocenters. The molecule has 1 aromatic carbocycles. The van der Waals surface area contributed by atoms with E-state index < -0.39 is 11.6 Å². The highest BCUT2D eigenvalue weighted by atomic mass is 19.4. The summed E-state index contributed by atoms with van der Waals surface area (Å²) in [4.78, 5) is 0. The third-order valence-electron chi connectivity index (χ3n) is 4.21. The summed E-state index contributed by atoms with van der Waals surface area (Å²) in [6.45, 7) is 13.0. The van der Waals surface area contributed by atoms with Crippen LogP contribution in [0.4, 0.5) is 13.2 Å². The van der Waals surface area contributed by atoms with Crippen molar-refractivity contribution in [3.8, 4) is 0 Å². The Morgan fingerprint density at radius 1 is 0.905 bits per heavy atom. The first kappa shape index (κ1) is 18.1. The molecule has 0 bridgehead atoms. The summed E-state index contributed by atoms with van der Waals surface area (Å²) in [7, 11) is 0. The van der Waals surface area contributed by atoms with Crippen LogP contribution in [-0.2, 0) is 6.42 Å². The van der Waals surface area contributed by atoms with Crippen molar-refractivity contribution >= 4 is 0 Å². The normalized spacial score (nSPS) is 13.3. The van der Waals surface area contributed by atoms with Gasteiger partial charge in [0.15, 0.2) is 0 Å². The van der Waals surface area contributed by atoms with Gasteiger partial charge >= 0.3 is 6.18 Å². The van der Waals surface area contributed by atoms with Crippen LogP contribution < -0.4 is 0 Å². The Bertz CT molecular complexity index is 465. The molecule has 0 amide bonds. The van der Waals surface area contributed by atoms with Crippen molar-refractivity contribution in [1.82, 2.24) is 0 Å². The second-order valence-corrected chi connectivity index (χ2v) is 7.27. The molecule has 0 spiro atoms. The Labute approximate surface area is 126 Å². The number of hydrogen-bond donors (Lipinski definition) is 0. The van der Waals surface area contributed by atoms with Gasteiger partial charge < -0.3 is 0 Å². The second-order valence-electron chi connectivity index (χ2n) is 7.27. The molecule has 21 heavy (non-hydrogen) atoms. The Hall–Kier alpha value is -0.990. The molecule has 0 N–H and O–H groups in total. The molecule has 0 fully saturated rings. The number of rotatable bonds is 4. The summed E-state index contributed by atoms with van der Waals surface area (Å²) in [5.41, 5.74) is 2.62. The van der Waals surface area contributed by atoms with Crippen LogP contribution in [0.1, 0.15) is 75.6 Å². The molecule has 0 saturated heterocycles. The van der Waals surface area contributed by atoms with E-state index in [1.807, 2.05) is 12.1 Å². The van der Waals surface area contributed by atoms with Gasteiger partial charge in [-0.3, -0.25) is 0 Å². The van der Waals surface area contributed by atoms with Crippen molar-refractivity contribution in [1.29, 1.82) is 0 Å². The first-order chi connectivity index (χ1) is 9.36. The number of benzene rings is 1. The van der Waals surface area contributed by atoms with Crippen molar-refractivity contribution in [2.75, 3.05) is 0 Å². The minimum atomic E-state index is -4.19. The minimum Gasteiger partial charge on any atom is -0.171 e. The van der Waals surface area contributed by atoms with Gasteiger partial charge in [0.1, 0.15) is 0 Å². The fraction of sp³-hybridized carbons (Fsp3) is 0.667. The molecule has 0 nitrogen and oxygen atoms in total. The zero-order valence-electron chi connectivity index (χ0n) is 14.2. The van der Waals surface area contributed by atoms with Gasteiger partial charge in [-0.2, -0.15) is 13.2 Å². The maximum Gasteiger partial charge on any atom is 0.394 e. The third kappa shape index (κ3) is 4.02. The van der Waals surface area contributed by atoms with Crippen molar-refractivity contribution in [3.63, 3.8) is 0 Å². The summed E-state index contributed by atoms with van der Waals surface area (Å²) < 4.78 is 39.3. The first-order valence-electron chi connectivity index (χ1n) is 7.57. The van der Waals surface area contributed by atoms with Crippen molar-refractivity contribution in [3.05, 3.63) is 34.4 Å². The van der Waals surface area contributed by atoms with Crippen LogP contribution >= 0.6 is 0 Å². The van der Waals surface area contributed by atoms with Gasteiger partial charge in [-0.1, -0.05) is 53.7 Å². The highest BCUT2D eigenvalue weighted by Crippen LogP contribution is 2.41. The summed E-state index contributed by atoms with van der Waals surface area (Å²) in [5, 5.41) is 0. The minimum absolute atomic E-state index is 0.0240. The predicted molar refractivity (Wildman–Crippen MR) is 82.9 cm³/mol. The fourth-order valence-corrected chi connectivity index (χ4v) is 2.74. The van der Waals surface area contributed by atoms with Gasteiger partial charge in [-0.15, -0.1) is 0 Å². The number of halogens is 3. The first-order valence-corrected chi connectivity index (χ1v) is 7.57. The van der Waals surface area contributed by atoms with Crippen LogP contribution in [0.2, 0.25) is 0 Å². The molecular formula is C18H27F3. The summed E-state index contributed by atoms with van der Waals surface area (Å²) in [6, 6.07) is 3.92. The van der Waals surface area contributed by atoms with E-state index in [2.05, 4.69) is 34.6 Å². The van der Waals surface area contributed by atoms with Crippen LogP contribution in [0.3, 0.4) is 0 Å². The van der Waals surface area contributed by atoms with Crippen LogP contribution in [0.25, 0.3) is 0 Å². The molecule has 0 aliphatic heterocycles. The number of hydrogen-bond acceptors (Lipinski definition) is 0. The van der Waals surface area contributed by atoms with Crippen molar-refractivity contribution in [2.24, 2.45) is 5.41 Å². The number of alkyl halides is 3. The van der Waals surface area contributed by atoms with Gasteiger partial charge in [-0.25, -0.2) is 0 Å². The second kappa shape index (κ2) is 6.02. The largest absolute Gasteiger partial charge is 0.394 e. The topological polar surface area (TPSA) is 0 Å². The van der Waals surface area contributed by atoms with E-state index in [9.17, 15) is 13.2 Å². The zero-order chi connectivity index (χ0) is 16.6. The van der Waals surface area contributed by atoms with Crippen molar-refractivity contribution in [2.45, 2.75) is 72.9 Å². The average Bonchev–Trinajstić information content (AvgIpc) is 2.28. The van der Waals surface area contributed by atoms with Gasteiger partial charge in [0.2, 0.25) is 0 Å². The molecule has 0 unspecified atom stereocenters. The summed E-state index contributed by atoms with van der Waals surface area (Å²) in [5.74, 6) is 0.632. The molecule has 0 aliphatic rings. The Morgan fingerprint density at radius 3 is 1.57 bits per heavy atom. The van der Waals surface area contributed by atoms with Crippen LogP contribution in [0.5, 0.6) is 0 Å². The lowest BCUT2D eigenvalue weighted by atomic mass is 9.81.